The molecule has 1 aliphatic rings. The van der Waals surface area contributed by atoms with Crippen molar-refractivity contribution in [3.63, 3.8) is 0 Å². The van der Waals surface area contributed by atoms with Crippen molar-refractivity contribution in [1.82, 2.24) is 0 Å². The van der Waals surface area contributed by atoms with Gasteiger partial charge in [0.15, 0.2) is 0 Å². The van der Waals surface area contributed by atoms with Crippen LogP contribution in [0.4, 0.5) is 5.69 Å². The number of hydrogen-bond acceptors (Lipinski definition) is 2. The van der Waals surface area contributed by atoms with Gasteiger partial charge in [-0.1, -0.05) is 17.7 Å². The first-order valence-electron chi connectivity index (χ1n) is 5.92. The second-order valence-electron chi connectivity index (χ2n) is 4.46. The Morgan fingerprint density at radius 3 is 2.94 bits per heavy atom. The molecule has 0 unspecified atom stereocenters. The summed E-state index contributed by atoms with van der Waals surface area (Å²) in [5, 5.41) is 2.97. The second-order valence-corrected chi connectivity index (χ2v) is 6.14. The van der Waals surface area contributed by atoms with Crippen LogP contribution in [0.15, 0.2) is 29.6 Å². The summed E-state index contributed by atoms with van der Waals surface area (Å²) < 4.78 is 0. The SMILES string of the molecule is ClCc1ccc(N2CCc3sccc3C2)c(Cl)c1. The monoisotopic (exact) mass is 297 g/mol. The van der Waals surface area contributed by atoms with Gasteiger partial charge in [0.2, 0.25) is 0 Å². The number of fused-ring (bicyclic) bond motifs is 1. The van der Waals surface area contributed by atoms with Crippen LogP contribution >= 0.6 is 34.5 Å². The normalized spacial score (nSPS) is 14.7. The van der Waals surface area contributed by atoms with Gasteiger partial charge in [-0.15, -0.1) is 22.9 Å². The zero-order valence-corrected chi connectivity index (χ0v) is 12.2. The molecule has 0 amide bonds. The van der Waals surface area contributed by atoms with Crippen LogP contribution in [0, 0.1) is 0 Å². The molecule has 1 aromatic carbocycles. The molecule has 94 valence electrons. The largest absolute Gasteiger partial charge is 0.366 e. The summed E-state index contributed by atoms with van der Waals surface area (Å²) in [7, 11) is 0. The Labute approximate surface area is 121 Å². The van der Waals surface area contributed by atoms with Crippen molar-refractivity contribution in [2.45, 2.75) is 18.8 Å². The summed E-state index contributed by atoms with van der Waals surface area (Å²) in [4.78, 5) is 3.86. The minimum absolute atomic E-state index is 0.509. The topological polar surface area (TPSA) is 3.24 Å². The average Bonchev–Trinajstić information content (AvgIpc) is 2.85. The molecule has 1 nitrogen and oxygen atoms in total. The first kappa shape index (κ1) is 12.3. The molecule has 0 atom stereocenters. The van der Waals surface area contributed by atoms with Crippen LogP contribution in [0.1, 0.15) is 16.0 Å². The maximum absolute atomic E-state index is 6.34. The molecule has 1 aromatic heterocycles. The van der Waals surface area contributed by atoms with Crippen molar-refractivity contribution in [3.05, 3.63) is 50.7 Å². The van der Waals surface area contributed by atoms with E-state index in [1.165, 1.54) is 10.4 Å². The van der Waals surface area contributed by atoms with Crippen molar-refractivity contribution in [2.24, 2.45) is 0 Å². The molecular formula is C14H13Cl2NS. The standard InChI is InChI=1S/C14H13Cl2NS/c15-8-10-1-2-13(12(16)7-10)17-5-3-14-11(9-17)4-6-18-14/h1-2,4,6-7H,3,5,8-9H2. The summed E-state index contributed by atoms with van der Waals surface area (Å²) in [5.41, 5.74) is 3.62. The lowest BCUT2D eigenvalue weighted by molar-refractivity contribution is 0.744. The molecule has 0 saturated carbocycles. The van der Waals surface area contributed by atoms with Crippen LogP contribution in [0.25, 0.3) is 0 Å². The Balaban J connectivity index is 1.88. The number of halogens is 2. The summed E-state index contributed by atoms with van der Waals surface area (Å²) in [6.07, 6.45) is 1.11. The van der Waals surface area contributed by atoms with E-state index < -0.39 is 0 Å². The molecule has 18 heavy (non-hydrogen) atoms. The van der Waals surface area contributed by atoms with Gasteiger partial charge >= 0.3 is 0 Å². The summed E-state index contributed by atoms with van der Waals surface area (Å²) in [6.45, 7) is 1.99. The molecule has 0 spiro atoms. The van der Waals surface area contributed by atoms with Gasteiger partial charge in [0.05, 0.1) is 10.7 Å². The van der Waals surface area contributed by atoms with Gasteiger partial charge < -0.3 is 4.90 Å². The highest BCUT2D eigenvalue weighted by Crippen LogP contribution is 2.32. The van der Waals surface area contributed by atoms with E-state index in [0.717, 1.165) is 35.8 Å². The molecule has 0 fully saturated rings. The molecule has 0 saturated heterocycles. The Morgan fingerprint density at radius 1 is 1.28 bits per heavy atom. The third-order valence-electron chi connectivity index (χ3n) is 3.31. The fourth-order valence-corrected chi connectivity index (χ4v) is 3.72. The van der Waals surface area contributed by atoms with Crippen LogP contribution in [-0.2, 0) is 18.8 Å². The minimum Gasteiger partial charge on any atom is -0.366 e. The predicted octanol–water partition coefficient (Wildman–Crippen LogP) is 4.70. The van der Waals surface area contributed by atoms with Crippen LogP contribution in [0.5, 0.6) is 0 Å². The number of rotatable bonds is 2. The van der Waals surface area contributed by atoms with Gasteiger partial charge in [0.1, 0.15) is 0 Å². The van der Waals surface area contributed by atoms with E-state index in [1.807, 2.05) is 17.4 Å². The quantitative estimate of drug-likeness (QED) is 0.726. The summed E-state index contributed by atoms with van der Waals surface area (Å²) in [6, 6.07) is 8.31. The van der Waals surface area contributed by atoms with E-state index in [9.17, 15) is 0 Å². The number of alkyl halides is 1. The molecule has 3 rings (SSSR count). The fraction of sp³-hybridized carbons (Fsp3) is 0.286. The molecule has 0 bridgehead atoms. The molecule has 1 aliphatic heterocycles. The number of thiophene rings is 1. The fourth-order valence-electron chi connectivity index (χ4n) is 2.34. The van der Waals surface area contributed by atoms with E-state index in [4.69, 9.17) is 23.2 Å². The molecular weight excluding hydrogens is 285 g/mol. The molecule has 0 radical (unpaired) electrons. The Kier molecular flexibility index (Phi) is 3.51. The average molecular weight is 298 g/mol. The predicted molar refractivity (Wildman–Crippen MR) is 80.1 cm³/mol. The van der Waals surface area contributed by atoms with Crippen LogP contribution in [0.2, 0.25) is 5.02 Å². The highest BCUT2D eigenvalue weighted by Gasteiger charge is 2.19. The van der Waals surface area contributed by atoms with Crippen LogP contribution < -0.4 is 4.90 Å². The maximum Gasteiger partial charge on any atom is 0.0642 e. The van der Waals surface area contributed by atoms with Crippen LogP contribution in [0.3, 0.4) is 0 Å². The van der Waals surface area contributed by atoms with Crippen molar-refractivity contribution in [1.29, 1.82) is 0 Å². The molecule has 0 N–H and O–H groups in total. The number of nitrogens with zero attached hydrogens (tertiary/aromatic N) is 1. The smallest absolute Gasteiger partial charge is 0.0642 e. The first-order valence-corrected chi connectivity index (χ1v) is 7.71. The number of benzene rings is 1. The lowest BCUT2D eigenvalue weighted by Crippen LogP contribution is -2.29. The Bertz CT molecular complexity index is 565. The van der Waals surface area contributed by atoms with Crippen molar-refractivity contribution >= 4 is 40.2 Å². The maximum atomic E-state index is 6.34. The molecule has 4 heteroatoms. The van der Waals surface area contributed by atoms with E-state index in [2.05, 4.69) is 28.5 Å². The second kappa shape index (κ2) is 5.12. The summed E-state index contributed by atoms with van der Waals surface area (Å²) >= 11 is 14.0. The van der Waals surface area contributed by atoms with E-state index >= 15 is 0 Å². The summed E-state index contributed by atoms with van der Waals surface area (Å²) in [5.74, 6) is 0.509. The van der Waals surface area contributed by atoms with E-state index in [0.29, 0.717) is 5.88 Å². The van der Waals surface area contributed by atoms with E-state index in [1.54, 1.807) is 0 Å². The molecule has 2 aromatic rings. The van der Waals surface area contributed by atoms with Crippen molar-refractivity contribution in [3.8, 4) is 0 Å². The van der Waals surface area contributed by atoms with Gasteiger partial charge in [0.25, 0.3) is 0 Å². The third-order valence-corrected chi connectivity index (χ3v) is 4.95. The van der Waals surface area contributed by atoms with Crippen LogP contribution in [-0.4, -0.2) is 6.54 Å². The van der Waals surface area contributed by atoms with Gasteiger partial charge in [-0.3, -0.25) is 0 Å². The van der Waals surface area contributed by atoms with Crippen molar-refractivity contribution < 1.29 is 0 Å². The zero-order valence-electron chi connectivity index (χ0n) is 9.83. The van der Waals surface area contributed by atoms with E-state index in [-0.39, 0.29) is 0 Å². The van der Waals surface area contributed by atoms with Gasteiger partial charge in [-0.05, 0) is 41.1 Å². The van der Waals surface area contributed by atoms with Crippen molar-refractivity contribution in [2.75, 3.05) is 11.4 Å². The van der Waals surface area contributed by atoms with Gasteiger partial charge in [-0.25, -0.2) is 0 Å². The number of anilines is 1. The lowest BCUT2D eigenvalue weighted by Gasteiger charge is -2.29. The third kappa shape index (κ3) is 2.25. The Morgan fingerprint density at radius 2 is 2.17 bits per heavy atom. The van der Waals surface area contributed by atoms with Gasteiger partial charge in [-0.2, -0.15) is 0 Å². The first-order chi connectivity index (χ1) is 8.78. The minimum atomic E-state index is 0.509. The number of hydrogen-bond donors (Lipinski definition) is 0. The Hall–Kier alpha value is -0.700. The van der Waals surface area contributed by atoms with Gasteiger partial charge in [0, 0.05) is 23.8 Å². The zero-order chi connectivity index (χ0) is 12.5. The molecule has 0 aliphatic carbocycles. The highest BCUT2D eigenvalue weighted by atomic mass is 35.5. The lowest BCUT2D eigenvalue weighted by atomic mass is 10.1. The highest BCUT2D eigenvalue weighted by molar-refractivity contribution is 7.10. The molecule has 2 heterocycles.